The lowest BCUT2D eigenvalue weighted by molar-refractivity contribution is 0.0929. The highest BCUT2D eigenvalue weighted by Gasteiger charge is 2.26. The van der Waals surface area contributed by atoms with Crippen molar-refractivity contribution in [2.45, 2.75) is 6.04 Å². The number of rotatable bonds is 2. The minimum atomic E-state index is -0.458. The molecule has 1 heterocycles. The fourth-order valence-electron chi connectivity index (χ4n) is 2.20. The van der Waals surface area contributed by atoms with E-state index < -0.39 is 5.82 Å². The number of halogens is 2. The smallest absolute Gasteiger partial charge is 0.253 e. The first-order valence-electron chi connectivity index (χ1n) is 6.13. The minimum Gasteiger partial charge on any atom is -0.491 e. The van der Waals surface area contributed by atoms with Gasteiger partial charge < -0.3 is 10.1 Å². The zero-order valence-corrected chi connectivity index (χ0v) is 12.0. The number of amides is 1. The van der Waals surface area contributed by atoms with Crippen molar-refractivity contribution in [3.63, 3.8) is 0 Å². The van der Waals surface area contributed by atoms with Gasteiger partial charge in [0.15, 0.2) is 0 Å². The molecule has 0 aromatic heterocycles. The highest BCUT2D eigenvalue weighted by atomic mass is 79.9. The summed E-state index contributed by atoms with van der Waals surface area (Å²) in [6.07, 6.45) is 0. The van der Waals surface area contributed by atoms with Crippen molar-refractivity contribution in [2.75, 3.05) is 6.61 Å². The number of carbonyl (C=O) groups is 1. The van der Waals surface area contributed by atoms with Gasteiger partial charge in [-0.05, 0) is 34.1 Å². The van der Waals surface area contributed by atoms with Gasteiger partial charge in [0.2, 0.25) is 0 Å². The summed E-state index contributed by atoms with van der Waals surface area (Å²) in [7, 11) is 0. The maximum Gasteiger partial charge on any atom is 0.253 e. The Balaban J connectivity index is 1.83. The van der Waals surface area contributed by atoms with Crippen LogP contribution in [0.25, 0.3) is 0 Å². The number of benzene rings is 2. The third-order valence-electron chi connectivity index (χ3n) is 3.20. The predicted molar refractivity (Wildman–Crippen MR) is 76.2 cm³/mol. The molecule has 3 nitrogen and oxygen atoms in total. The standard InChI is InChI=1S/C15H11BrFNO2/c16-14-10(5-3-6-11(14)17)15(19)18-12-8-20-13-7-2-1-4-9(12)13/h1-7,12H,8H2,(H,18,19). The van der Waals surface area contributed by atoms with Crippen molar-refractivity contribution < 1.29 is 13.9 Å². The molecule has 0 spiro atoms. The van der Waals surface area contributed by atoms with Gasteiger partial charge >= 0.3 is 0 Å². The number of nitrogens with one attached hydrogen (secondary N) is 1. The van der Waals surface area contributed by atoms with E-state index in [4.69, 9.17) is 4.74 Å². The summed E-state index contributed by atoms with van der Waals surface area (Å²) in [5.74, 6) is -0.0153. The molecule has 0 saturated heterocycles. The summed E-state index contributed by atoms with van der Waals surface area (Å²) >= 11 is 3.09. The van der Waals surface area contributed by atoms with Gasteiger partial charge in [-0.25, -0.2) is 4.39 Å². The SMILES string of the molecule is O=C(NC1COc2ccccc21)c1cccc(F)c1Br. The van der Waals surface area contributed by atoms with Crippen LogP contribution in [0.5, 0.6) is 5.75 Å². The van der Waals surface area contributed by atoms with Crippen molar-refractivity contribution in [1.82, 2.24) is 5.32 Å². The molecule has 0 radical (unpaired) electrons. The molecule has 0 saturated carbocycles. The van der Waals surface area contributed by atoms with E-state index in [1.54, 1.807) is 6.07 Å². The molecule has 1 aliphatic heterocycles. The Bertz CT molecular complexity index is 675. The van der Waals surface area contributed by atoms with E-state index in [1.165, 1.54) is 12.1 Å². The lowest BCUT2D eigenvalue weighted by Crippen LogP contribution is -2.29. The molecule has 1 aliphatic rings. The normalized spacial score (nSPS) is 16.4. The lowest BCUT2D eigenvalue weighted by Gasteiger charge is -2.12. The molecular formula is C15H11BrFNO2. The maximum atomic E-state index is 13.4. The predicted octanol–water partition coefficient (Wildman–Crippen LogP) is 3.45. The molecule has 0 bridgehead atoms. The molecule has 5 heteroatoms. The summed E-state index contributed by atoms with van der Waals surface area (Å²) < 4.78 is 19.1. The van der Waals surface area contributed by atoms with Crippen LogP contribution in [0.15, 0.2) is 46.9 Å². The lowest BCUT2D eigenvalue weighted by atomic mass is 10.1. The second-order valence-corrected chi connectivity index (χ2v) is 5.27. The van der Waals surface area contributed by atoms with Crippen molar-refractivity contribution in [2.24, 2.45) is 0 Å². The first-order chi connectivity index (χ1) is 9.66. The van der Waals surface area contributed by atoms with Gasteiger partial charge in [-0.2, -0.15) is 0 Å². The zero-order valence-electron chi connectivity index (χ0n) is 10.4. The monoisotopic (exact) mass is 335 g/mol. The Morgan fingerprint density at radius 1 is 1.25 bits per heavy atom. The topological polar surface area (TPSA) is 38.3 Å². The average Bonchev–Trinajstić information content (AvgIpc) is 2.85. The van der Waals surface area contributed by atoms with Crippen LogP contribution in [0.3, 0.4) is 0 Å². The molecule has 0 fully saturated rings. The van der Waals surface area contributed by atoms with E-state index in [-0.39, 0.29) is 22.0 Å². The van der Waals surface area contributed by atoms with Crippen molar-refractivity contribution in [3.05, 3.63) is 63.9 Å². The Morgan fingerprint density at radius 3 is 2.90 bits per heavy atom. The third kappa shape index (κ3) is 2.29. The van der Waals surface area contributed by atoms with Crippen molar-refractivity contribution in [1.29, 1.82) is 0 Å². The van der Waals surface area contributed by atoms with Gasteiger partial charge in [0.05, 0.1) is 16.1 Å². The van der Waals surface area contributed by atoms with Crippen LogP contribution in [0.4, 0.5) is 4.39 Å². The Morgan fingerprint density at radius 2 is 2.05 bits per heavy atom. The molecule has 1 N–H and O–H groups in total. The molecular weight excluding hydrogens is 325 g/mol. The maximum absolute atomic E-state index is 13.4. The summed E-state index contributed by atoms with van der Waals surface area (Å²) in [6, 6.07) is 11.7. The summed E-state index contributed by atoms with van der Waals surface area (Å²) in [6.45, 7) is 0.387. The van der Waals surface area contributed by atoms with Crippen LogP contribution >= 0.6 is 15.9 Å². The third-order valence-corrected chi connectivity index (χ3v) is 4.01. The van der Waals surface area contributed by atoms with Gasteiger partial charge in [-0.15, -0.1) is 0 Å². The second kappa shape index (κ2) is 5.25. The van der Waals surface area contributed by atoms with Crippen LogP contribution in [0, 0.1) is 5.82 Å². The van der Waals surface area contributed by atoms with Gasteiger partial charge in [0.25, 0.3) is 5.91 Å². The van der Waals surface area contributed by atoms with Crippen LogP contribution in [-0.4, -0.2) is 12.5 Å². The van der Waals surface area contributed by atoms with Gasteiger partial charge in [-0.1, -0.05) is 24.3 Å². The highest BCUT2D eigenvalue weighted by molar-refractivity contribution is 9.10. The number of para-hydroxylation sites is 1. The van der Waals surface area contributed by atoms with E-state index in [9.17, 15) is 9.18 Å². The van der Waals surface area contributed by atoms with Crippen LogP contribution < -0.4 is 10.1 Å². The fourth-order valence-corrected chi connectivity index (χ4v) is 2.64. The van der Waals surface area contributed by atoms with Gasteiger partial charge in [0.1, 0.15) is 18.2 Å². The fraction of sp³-hybridized carbons (Fsp3) is 0.133. The second-order valence-electron chi connectivity index (χ2n) is 4.48. The zero-order chi connectivity index (χ0) is 14.1. The average molecular weight is 336 g/mol. The summed E-state index contributed by atoms with van der Waals surface area (Å²) in [4.78, 5) is 12.2. The van der Waals surface area contributed by atoms with E-state index in [0.29, 0.717) is 6.61 Å². The van der Waals surface area contributed by atoms with Gasteiger partial charge in [-0.3, -0.25) is 4.79 Å². The van der Waals surface area contributed by atoms with Gasteiger partial charge in [0, 0.05) is 5.56 Å². The van der Waals surface area contributed by atoms with Crippen LogP contribution in [0.2, 0.25) is 0 Å². The largest absolute Gasteiger partial charge is 0.491 e. The Labute approximate surface area is 123 Å². The highest BCUT2D eigenvalue weighted by Crippen LogP contribution is 2.32. The first-order valence-corrected chi connectivity index (χ1v) is 6.92. The molecule has 102 valence electrons. The summed E-state index contributed by atoms with van der Waals surface area (Å²) in [5, 5.41) is 2.86. The molecule has 3 rings (SSSR count). The Hall–Kier alpha value is -1.88. The van der Waals surface area contributed by atoms with E-state index in [2.05, 4.69) is 21.2 Å². The summed E-state index contributed by atoms with van der Waals surface area (Å²) in [5.41, 5.74) is 1.21. The van der Waals surface area contributed by atoms with Crippen LogP contribution in [0.1, 0.15) is 22.0 Å². The minimum absolute atomic E-state index is 0.171. The van der Waals surface area contributed by atoms with E-state index in [0.717, 1.165) is 11.3 Å². The molecule has 20 heavy (non-hydrogen) atoms. The molecule has 2 aromatic carbocycles. The van der Waals surface area contributed by atoms with Crippen molar-refractivity contribution >= 4 is 21.8 Å². The number of fused-ring (bicyclic) bond motifs is 1. The molecule has 2 aromatic rings. The number of hydrogen-bond acceptors (Lipinski definition) is 2. The molecule has 0 aliphatic carbocycles. The van der Waals surface area contributed by atoms with E-state index in [1.807, 2.05) is 24.3 Å². The van der Waals surface area contributed by atoms with Crippen LogP contribution in [-0.2, 0) is 0 Å². The Kier molecular flexibility index (Phi) is 3.44. The number of carbonyl (C=O) groups excluding carboxylic acids is 1. The van der Waals surface area contributed by atoms with Crippen molar-refractivity contribution in [3.8, 4) is 5.75 Å². The first kappa shape index (κ1) is 13.1. The molecule has 1 amide bonds. The number of hydrogen-bond donors (Lipinski definition) is 1. The quantitative estimate of drug-likeness (QED) is 0.912. The molecule has 1 atom stereocenters. The molecule has 1 unspecified atom stereocenters. The number of ether oxygens (including phenoxy) is 1. The van der Waals surface area contributed by atoms with E-state index >= 15 is 0 Å².